The molecule has 0 bridgehead atoms. The van der Waals surface area contributed by atoms with Crippen LogP contribution in [0, 0.1) is 0 Å². The molecule has 2 aliphatic heterocycles. The lowest BCUT2D eigenvalue weighted by Crippen LogP contribution is -2.35. The van der Waals surface area contributed by atoms with Crippen LogP contribution in [0.1, 0.15) is 80.8 Å². The van der Waals surface area contributed by atoms with Crippen molar-refractivity contribution in [1.82, 2.24) is 0 Å². The van der Waals surface area contributed by atoms with Crippen LogP contribution in [0.3, 0.4) is 0 Å². The van der Waals surface area contributed by atoms with Crippen molar-refractivity contribution < 1.29 is 68.0 Å². The first kappa shape index (κ1) is 43.7. The van der Waals surface area contributed by atoms with Crippen LogP contribution in [0.2, 0.25) is 0 Å². The van der Waals surface area contributed by atoms with Crippen LogP contribution in [-0.2, 0) is 39.4 Å². The van der Waals surface area contributed by atoms with Gasteiger partial charge in [-0.15, -0.1) is 0 Å². The Balaban J connectivity index is 1.32. The predicted octanol–water partition coefficient (Wildman–Crippen LogP) is 5.27. The first-order valence-corrected chi connectivity index (χ1v) is 24.6. The number of allylic oxidation sites excluding steroid dienone is 7. The maximum atomic E-state index is 12.2. The van der Waals surface area contributed by atoms with Gasteiger partial charge < -0.3 is 19.8 Å². The van der Waals surface area contributed by atoms with Gasteiger partial charge in [0.1, 0.15) is 23.4 Å². The monoisotopic (exact) mass is 895 g/mol. The lowest BCUT2D eigenvalue weighted by Gasteiger charge is -2.31. The number of anilines is 1. The minimum absolute atomic E-state index is 0.0953. The minimum Gasteiger partial charge on any atom is -0.496 e. The van der Waals surface area contributed by atoms with E-state index in [1.165, 1.54) is 18.2 Å². The molecule has 0 aromatic heterocycles. The molecule has 20 heteroatoms. The molecule has 320 valence electrons. The minimum atomic E-state index is -4.54. The highest BCUT2D eigenvalue weighted by molar-refractivity contribution is 7.94. The molecule has 0 saturated heterocycles. The smallest absolute Gasteiger partial charge is 0.294 e. The van der Waals surface area contributed by atoms with Gasteiger partial charge in [-0.1, -0.05) is 6.08 Å². The van der Waals surface area contributed by atoms with E-state index < -0.39 is 54.1 Å². The maximum Gasteiger partial charge on any atom is 0.294 e. The Bertz CT molecular complexity index is 2530. The Kier molecular flexibility index (Phi) is 12.7. The SMILES string of the molecule is COC1=C(/C=C2\CCCC3C2=[N+](CC(O)CS(=O)(=O)O)c2ccc(SOO)cc23)CCC/C1=C\C1=C2C(CCC1)c1cc(S(=O)(=O)O)ccc1N2CC(O)CS(=O)(=O)O. The van der Waals surface area contributed by atoms with E-state index in [2.05, 4.69) is 16.5 Å². The van der Waals surface area contributed by atoms with Gasteiger partial charge in [0.15, 0.2) is 12.3 Å². The molecule has 0 radical (unpaired) electrons. The number of fused-ring (bicyclic) bond motifs is 6. The zero-order valence-electron chi connectivity index (χ0n) is 32.1. The first-order chi connectivity index (χ1) is 27.8. The summed E-state index contributed by atoms with van der Waals surface area (Å²) in [6, 6.07) is 9.69. The molecule has 3 aliphatic carbocycles. The van der Waals surface area contributed by atoms with Gasteiger partial charge >= 0.3 is 0 Å². The Morgan fingerprint density at radius 3 is 2.17 bits per heavy atom. The number of aliphatic hydroxyl groups excluding tert-OH is 2. The van der Waals surface area contributed by atoms with Gasteiger partial charge in [0.25, 0.3) is 30.4 Å². The Labute approximate surface area is 347 Å². The van der Waals surface area contributed by atoms with Crippen molar-refractivity contribution in [3.05, 3.63) is 93.4 Å². The van der Waals surface area contributed by atoms with Crippen molar-refractivity contribution >= 4 is 59.5 Å². The van der Waals surface area contributed by atoms with E-state index in [1.54, 1.807) is 18.1 Å². The summed E-state index contributed by atoms with van der Waals surface area (Å²) in [6.45, 7) is -0.298. The van der Waals surface area contributed by atoms with E-state index in [9.17, 15) is 49.1 Å². The zero-order valence-corrected chi connectivity index (χ0v) is 35.4. The Hall–Kier alpha value is -3.41. The molecule has 2 heterocycles. The van der Waals surface area contributed by atoms with Gasteiger partial charge in [0, 0.05) is 45.9 Å². The highest BCUT2D eigenvalue weighted by atomic mass is 32.2. The summed E-state index contributed by atoms with van der Waals surface area (Å²) in [6.07, 6.45) is 7.68. The molecular weight excluding hydrogens is 849 g/mol. The quantitative estimate of drug-likeness (QED) is 0.0465. The molecule has 4 unspecified atom stereocenters. The average Bonchev–Trinajstić information content (AvgIpc) is 3.62. The molecule has 2 aromatic carbocycles. The summed E-state index contributed by atoms with van der Waals surface area (Å²) in [7, 11) is -11.9. The normalized spacial score (nSPS) is 23.4. The zero-order chi connectivity index (χ0) is 42.4. The molecule has 2 aromatic rings. The molecule has 16 nitrogen and oxygen atoms in total. The number of hydrogen-bond acceptors (Lipinski definition) is 13. The molecular formula is C39H47N2O14S4+. The number of rotatable bonds is 14. The summed E-state index contributed by atoms with van der Waals surface area (Å²) in [4.78, 5) is 2.15. The summed E-state index contributed by atoms with van der Waals surface area (Å²) in [5, 5.41) is 30.8. The van der Waals surface area contributed by atoms with Crippen molar-refractivity contribution in [3.8, 4) is 0 Å². The molecule has 1 fully saturated rings. The number of methoxy groups -OCH3 is 1. The fourth-order valence-electron chi connectivity index (χ4n) is 9.49. The van der Waals surface area contributed by atoms with Gasteiger partial charge in [-0.25, -0.2) is 5.26 Å². The maximum absolute atomic E-state index is 12.2. The van der Waals surface area contributed by atoms with E-state index in [4.69, 9.17) is 9.99 Å². The third kappa shape index (κ3) is 9.57. The van der Waals surface area contributed by atoms with Crippen molar-refractivity contribution in [2.45, 2.75) is 91.6 Å². The van der Waals surface area contributed by atoms with Crippen LogP contribution in [0.4, 0.5) is 11.4 Å². The molecule has 7 rings (SSSR count). The topological polar surface area (TPSA) is 249 Å². The lowest BCUT2D eigenvalue weighted by atomic mass is 9.79. The van der Waals surface area contributed by atoms with E-state index >= 15 is 0 Å². The standard InChI is InChI=1S/C39H46N2O14S4/c1-54-39-25(15-23-5-3-9-31-33-17-29(56-55-44)11-13-35(33)40(37(23)31)19-27(42)21-57(45,46)47)7-2-8-26(39)16-24-6-4-10-32-34-18-30(59(51,52)53)12-14-36(34)41(38(24)32)20-28(43)22-58(48,49)50/h11-18,27-28,31-32,42-43H,2-10,19-22H2,1H3,(H3-,44,45,46,47,48,49,50,51,52,53)/p+1. The molecule has 5 aliphatic rings. The number of β-amino-alcohol motifs (C(OH)–C–C–N with tert-alkyl or cyclic N) is 2. The highest BCUT2D eigenvalue weighted by Gasteiger charge is 2.45. The van der Waals surface area contributed by atoms with Crippen molar-refractivity contribution in [2.24, 2.45) is 0 Å². The van der Waals surface area contributed by atoms with Crippen LogP contribution in [0.5, 0.6) is 0 Å². The van der Waals surface area contributed by atoms with E-state index in [0.29, 0.717) is 54.0 Å². The van der Waals surface area contributed by atoms with E-state index in [0.717, 1.165) is 82.7 Å². The first-order valence-electron chi connectivity index (χ1n) is 19.2. The molecule has 0 spiro atoms. The number of hydrogen-bond donors (Lipinski definition) is 6. The van der Waals surface area contributed by atoms with Crippen molar-refractivity contribution in [3.63, 3.8) is 0 Å². The fourth-order valence-corrected chi connectivity index (χ4v) is 11.6. The van der Waals surface area contributed by atoms with Crippen LogP contribution < -0.4 is 4.90 Å². The summed E-state index contributed by atoms with van der Waals surface area (Å²) in [5.41, 5.74) is 8.25. The van der Waals surface area contributed by atoms with Crippen LogP contribution >= 0.6 is 12.0 Å². The number of nitrogens with zero attached hydrogens (tertiary/aromatic N) is 2. The average molecular weight is 896 g/mol. The van der Waals surface area contributed by atoms with Crippen LogP contribution in [0.15, 0.2) is 92.1 Å². The molecule has 6 N–H and O–H groups in total. The second-order valence-electron chi connectivity index (χ2n) is 15.5. The molecule has 4 atom stereocenters. The predicted molar refractivity (Wildman–Crippen MR) is 219 cm³/mol. The number of ether oxygens (including phenoxy) is 1. The Morgan fingerprint density at radius 1 is 0.814 bits per heavy atom. The highest BCUT2D eigenvalue weighted by Crippen LogP contribution is 2.52. The number of aliphatic hydroxyl groups is 2. The van der Waals surface area contributed by atoms with Gasteiger partial charge in [-0.3, -0.25) is 13.7 Å². The van der Waals surface area contributed by atoms with Crippen LogP contribution in [-0.4, -0.2) is 109 Å². The van der Waals surface area contributed by atoms with E-state index in [1.807, 2.05) is 16.7 Å². The lowest BCUT2D eigenvalue weighted by molar-refractivity contribution is -0.448. The second-order valence-corrected chi connectivity index (χ2v) is 20.7. The summed E-state index contributed by atoms with van der Waals surface area (Å²) < 4.78 is 112. The van der Waals surface area contributed by atoms with Gasteiger partial charge in [0.05, 0.1) is 36.1 Å². The van der Waals surface area contributed by atoms with Crippen molar-refractivity contribution in [2.75, 3.05) is 36.6 Å². The Morgan fingerprint density at radius 2 is 1.47 bits per heavy atom. The van der Waals surface area contributed by atoms with Crippen molar-refractivity contribution in [1.29, 1.82) is 0 Å². The third-order valence-corrected chi connectivity index (χ3v) is 14.5. The van der Waals surface area contributed by atoms with Crippen LogP contribution in [0.25, 0.3) is 0 Å². The van der Waals surface area contributed by atoms with Gasteiger partial charge in [0.2, 0.25) is 5.69 Å². The number of benzene rings is 2. The van der Waals surface area contributed by atoms with Gasteiger partial charge in [-0.2, -0.15) is 34.2 Å². The largest absolute Gasteiger partial charge is 0.496 e. The molecule has 59 heavy (non-hydrogen) atoms. The summed E-state index contributed by atoms with van der Waals surface area (Å²) in [5.74, 6) is -1.50. The summed E-state index contributed by atoms with van der Waals surface area (Å²) >= 11 is 0.793. The third-order valence-electron chi connectivity index (χ3n) is 11.5. The molecule has 1 saturated carbocycles. The van der Waals surface area contributed by atoms with Gasteiger partial charge in [-0.05, 0) is 116 Å². The molecule has 0 amide bonds. The van der Waals surface area contributed by atoms with E-state index in [-0.39, 0.29) is 29.8 Å². The second kappa shape index (κ2) is 17.2. The fraction of sp³-hybridized carbons (Fsp3) is 0.462.